The predicted octanol–water partition coefficient (Wildman–Crippen LogP) is 6.94. The number of hydrogen-bond donors (Lipinski definition) is 0. The molecule has 3 rings (SSSR count). The van der Waals surface area contributed by atoms with Gasteiger partial charge in [0.05, 0.1) is 32.6 Å². The van der Waals surface area contributed by atoms with Crippen molar-refractivity contribution in [1.82, 2.24) is 0 Å². The predicted molar refractivity (Wildman–Crippen MR) is 130 cm³/mol. The van der Waals surface area contributed by atoms with Crippen molar-refractivity contribution < 1.29 is 18.9 Å². The maximum atomic E-state index is 5.99. The van der Waals surface area contributed by atoms with Crippen LogP contribution < -0.4 is 18.9 Å². The summed E-state index contributed by atoms with van der Waals surface area (Å²) in [6.45, 7) is 6.70. The lowest BCUT2D eigenvalue weighted by Crippen LogP contribution is -2.14. The van der Waals surface area contributed by atoms with Gasteiger partial charge in [-0.2, -0.15) is 0 Å². The minimum absolute atomic E-state index is 0.160. The topological polar surface area (TPSA) is 49.3 Å². The van der Waals surface area contributed by atoms with Gasteiger partial charge in [-0.25, -0.2) is 0 Å². The van der Waals surface area contributed by atoms with E-state index in [0.29, 0.717) is 17.2 Å². The Labute approximate surface area is 190 Å². The first kappa shape index (κ1) is 23.2. The lowest BCUT2D eigenvalue weighted by molar-refractivity contribution is 0.374. The molecule has 0 bridgehead atoms. The third kappa shape index (κ3) is 5.41. The normalized spacial score (nSPS) is 11.4. The van der Waals surface area contributed by atoms with E-state index < -0.39 is 0 Å². The Morgan fingerprint density at radius 1 is 0.750 bits per heavy atom. The Morgan fingerprint density at radius 2 is 1.28 bits per heavy atom. The molecule has 0 N–H and O–H groups in total. The summed E-state index contributed by atoms with van der Waals surface area (Å²) in [4.78, 5) is 4.56. The number of ether oxygens (including phenoxy) is 4. The summed E-state index contributed by atoms with van der Waals surface area (Å²) in [6, 6.07) is 19.5. The zero-order valence-electron chi connectivity index (χ0n) is 19.6. The van der Waals surface area contributed by atoms with Crippen LogP contribution >= 0.6 is 0 Å². The van der Waals surface area contributed by atoms with Gasteiger partial charge in [0.2, 0.25) is 0 Å². The number of hydrogen-bond acceptors (Lipinski definition) is 5. The fourth-order valence-electron chi connectivity index (χ4n) is 3.21. The average Bonchev–Trinajstić information content (AvgIpc) is 2.83. The third-order valence-corrected chi connectivity index (χ3v) is 5.69. The SMILES string of the molecule is CCC(C)(C)c1ccc(Oc2ccc(N=Cc3c(OC)cc(OC)cc3OC)cc2)cc1. The molecule has 0 unspecified atom stereocenters. The zero-order chi connectivity index (χ0) is 23.1. The molecule has 5 heteroatoms. The average molecular weight is 434 g/mol. The molecule has 168 valence electrons. The van der Waals surface area contributed by atoms with Crippen molar-refractivity contribution in [2.24, 2.45) is 4.99 Å². The first-order valence-corrected chi connectivity index (χ1v) is 10.6. The number of nitrogens with zero attached hydrogens (tertiary/aromatic N) is 1. The molecule has 0 radical (unpaired) electrons. The second-order valence-corrected chi connectivity index (χ2v) is 8.06. The maximum absolute atomic E-state index is 5.99. The van der Waals surface area contributed by atoms with Crippen LogP contribution in [0.25, 0.3) is 0 Å². The number of rotatable bonds is 9. The number of benzene rings is 3. The van der Waals surface area contributed by atoms with Crippen LogP contribution in [0, 0.1) is 0 Å². The molecule has 0 saturated heterocycles. The van der Waals surface area contributed by atoms with Crippen LogP contribution in [0.15, 0.2) is 65.7 Å². The van der Waals surface area contributed by atoms with Crippen molar-refractivity contribution in [2.45, 2.75) is 32.6 Å². The summed E-state index contributed by atoms with van der Waals surface area (Å²) in [5.41, 5.74) is 3.00. The van der Waals surface area contributed by atoms with Gasteiger partial charge in [-0.15, -0.1) is 0 Å². The molecule has 0 aliphatic carbocycles. The molecule has 0 aromatic heterocycles. The minimum Gasteiger partial charge on any atom is -0.496 e. The van der Waals surface area contributed by atoms with E-state index in [4.69, 9.17) is 18.9 Å². The van der Waals surface area contributed by atoms with E-state index in [1.807, 2.05) is 36.4 Å². The first-order chi connectivity index (χ1) is 15.4. The van der Waals surface area contributed by atoms with Crippen LogP contribution in [-0.4, -0.2) is 27.5 Å². The van der Waals surface area contributed by atoms with Gasteiger partial charge in [-0.3, -0.25) is 4.99 Å². The summed E-state index contributed by atoms with van der Waals surface area (Å²) in [6.07, 6.45) is 2.81. The molecule has 5 nitrogen and oxygen atoms in total. The molecule has 3 aromatic rings. The van der Waals surface area contributed by atoms with Crippen molar-refractivity contribution >= 4 is 11.9 Å². The van der Waals surface area contributed by atoms with Gasteiger partial charge in [-0.05, 0) is 53.8 Å². The highest BCUT2D eigenvalue weighted by atomic mass is 16.5. The molecular formula is C27H31NO4. The quantitative estimate of drug-likeness (QED) is 0.343. The Morgan fingerprint density at radius 3 is 1.75 bits per heavy atom. The zero-order valence-corrected chi connectivity index (χ0v) is 19.6. The smallest absolute Gasteiger partial charge is 0.135 e. The minimum atomic E-state index is 0.160. The largest absolute Gasteiger partial charge is 0.496 e. The van der Waals surface area contributed by atoms with Gasteiger partial charge in [0.1, 0.15) is 28.7 Å². The van der Waals surface area contributed by atoms with Gasteiger partial charge >= 0.3 is 0 Å². The monoisotopic (exact) mass is 433 g/mol. The fourth-order valence-corrected chi connectivity index (χ4v) is 3.21. The summed E-state index contributed by atoms with van der Waals surface area (Å²) in [7, 11) is 4.81. The van der Waals surface area contributed by atoms with E-state index in [0.717, 1.165) is 29.2 Å². The Bertz CT molecular complexity index is 1030. The van der Waals surface area contributed by atoms with Crippen LogP contribution in [0.4, 0.5) is 5.69 Å². The number of aliphatic imine (C=N–C) groups is 1. The van der Waals surface area contributed by atoms with Crippen LogP contribution in [0.5, 0.6) is 28.7 Å². The summed E-state index contributed by atoms with van der Waals surface area (Å²) in [5, 5.41) is 0. The number of methoxy groups -OCH3 is 3. The summed E-state index contributed by atoms with van der Waals surface area (Å²) >= 11 is 0. The van der Waals surface area contributed by atoms with Crippen LogP contribution in [0.2, 0.25) is 0 Å². The van der Waals surface area contributed by atoms with Gasteiger partial charge in [0.15, 0.2) is 0 Å². The third-order valence-electron chi connectivity index (χ3n) is 5.69. The van der Waals surface area contributed by atoms with Crippen molar-refractivity contribution in [3.63, 3.8) is 0 Å². The second-order valence-electron chi connectivity index (χ2n) is 8.06. The van der Waals surface area contributed by atoms with Gasteiger partial charge in [-0.1, -0.05) is 32.9 Å². The molecular weight excluding hydrogens is 402 g/mol. The van der Waals surface area contributed by atoms with E-state index >= 15 is 0 Å². The van der Waals surface area contributed by atoms with E-state index in [2.05, 4.69) is 37.9 Å². The van der Waals surface area contributed by atoms with Crippen LogP contribution in [-0.2, 0) is 5.41 Å². The molecule has 0 amide bonds. The lowest BCUT2D eigenvalue weighted by atomic mass is 9.82. The van der Waals surface area contributed by atoms with Gasteiger partial charge < -0.3 is 18.9 Å². The molecule has 32 heavy (non-hydrogen) atoms. The van der Waals surface area contributed by atoms with Crippen molar-refractivity contribution in [3.05, 3.63) is 71.8 Å². The van der Waals surface area contributed by atoms with E-state index in [9.17, 15) is 0 Å². The highest BCUT2D eigenvalue weighted by Crippen LogP contribution is 2.34. The molecule has 0 aliphatic heterocycles. The van der Waals surface area contributed by atoms with E-state index in [-0.39, 0.29) is 5.41 Å². The van der Waals surface area contributed by atoms with E-state index in [1.165, 1.54) is 5.56 Å². The molecule has 0 atom stereocenters. The van der Waals surface area contributed by atoms with Crippen molar-refractivity contribution in [2.75, 3.05) is 21.3 Å². The summed E-state index contributed by atoms with van der Waals surface area (Å²) < 4.78 is 22.2. The maximum Gasteiger partial charge on any atom is 0.135 e. The lowest BCUT2D eigenvalue weighted by Gasteiger charge is -2.23. The molecule has 0 heterocycles. The summed E-state index contributed by atoms with van der Waals surface area (Å²) in [5.74, 6) is 3.47. The highest BCUT2D eigenvalue weighted by Gasteiger charge is 2.17. The van der Waals surface area contributed by atoms with Crippen molar-refractivity contribution in [1.29, 1.82) is 0 Å². The molecule has 0 saturated carbocycles. The van der Waals surface area contributed by atoms with E-state index in [1.54, 1.807) is 39.7 Å². The fraction of sp³-hybridized carbons (Fsp3) is 0.296. The van der Waals surface area contributed by atoms with Gasteiger partial charge in [0.25, 0.3) is 0 Å². The highest BCUT2D eigenvalue weighted by molar-refractivity contribution is 5.89. The molecule has 3 aromatic carbocycles. The van der Waals surface area contributed by atoms with Crippen LogP contribution in [0.1, 0.15) is 38.3 Å². The van der Waals surface area contributed by atoms with Crippen molar-refractivity contribution in [3.8, 4) is 28.7 Å². The first-order valence-electron chi connectivity index (χ1n) is 10.6. The second kappa shape index (κ2) is 10.2. The Kier molecular flexibility index (Phi) is 7.41. The van der Waals surface area contributed by atoms with Gasteiger partial charge in [0, 0.05) is 18.3 Å². The Balaban J connectivity index is 1.73. The Hall–Kier alpha value is -3.47. The standard InChI is InChI=1S/C27H31NO4/c1-7-27(2,3)19-8-12-21(13-9-19)32-22-14-10-20(11-15-22)28-18-24-25(30-5)16-23(29-4)17-26(24)31-6/h8-18H,7H2,1-6H3. The molecule has 0 spiro atoms. The molecule has 0 aliphatic rings. The van der Waals surface area contributed by atoms with Crippen LogP contribution in [0.3, 0.4) is 0 Å². The molecule has 0 fully saturated rings.